The molecule has 1 aliphatic heterocycles. The van der Waals surface area contributed by atoms with E-state index < -0.39 is 4.92 Å². The third kappa shape index (κ3) is 3.13. The summed E-state index contributed by atoms with van der Waals surface area (Å²) in [4.78, 5) is 26.6. The molecule has 1 N–H and O–H groups in total. The number of nitro groups is 1. The molecular weight excluding hydrogens is 400 g/mol. The second-order valence-electron chi connectivity index (χ2n) is 7.10. The van der Waals surface area contributed by atoms with Crippen LogP contribution in [0.2, 0.25) is 0 Å². The minimum Gasteiger partial charge on any atom is -0.320 e. The summed E-state index contributed by atoms with van der Waals surface area (Å²) >= 11 is 1.44. The van der Waals surface area contributed by atoms with E-state index in [2.05, 4.69) is 26.3 Å². The van der Waals surface area contributed by atoms with Crippen molar-refractivity contribution >= 4 is 49.7 Å². The van der Waals surface area contributed by atoms with Crippen molar-refractivity contribution in [2.24, 2.45) is 0 Å². The van der Waals surface area contributed by atoms with Crippen LogP contribution >= 0.6 is 11.3 Å². The van der Waals surface area contributed by atoms with Gasteiger partial charge in [0.05, 0.1) is 15.1 Å². The van der Waals surface area contributed by atoms with Crippen LogP contribution in [0.1, 0.15) is 17.5 Å². The highest BCUT2D eigenvalue weighted by Gasteiger charge is 2.30. The normalized spacial score (nSPS) is 13.3. The number of nitrogens with zero attached hydrogens (tertiary/aromatic N) is 5. The molecule has 9 heteroatoms. The van der Waals surface area contributed by atoms with Crippen LogP contribution in [0.4, 0.5) is 28.1 Å². The quantitative estimate of drug-likeness (QED) is 0.362. The van der Waals surface area contributed by atoms with Crippen LogP contribution in [-0.4, -0.2) is 26.4 Å². The molecule has 0 fully saturated rings. The number of hydrogen-bond acceptors (Lipinski definition) is 8. The molecule has 0 unspecified atom stereocenters. The second-order valence-corrected chi connectivity index (χ2v) is 8.13. The van der Waals surface area contributed by atoms with Gasteiger partial charge in [-0.05, 0) is 43.0 Å². The van der Waals surface area contributed by atoms with Crippen molar-refractivity contribution < 1.29 is 4.92 Å². The van der Waals surface area contributed by atoms with Crippen LogP contribution in [0, 0.1) is 17.0 Å². The minimum atomic E-state index is -0.423. The topological polar surface area (TPSA) is 97.1 Å². The van der Waals surface area contributed by atoms with Crippen molar-refractivity contribution in [3.8, 4) is 0 Å². The molecule has 5 rings (SSSR count). The molecule has 0 atom stereocenters. The lowest BCUT2D eigenvalue weighted by atomic mass is 10.0. The number of rotatable bonds is 4. The number of aromatic nitrogens is 3. The Hall–Kier alpha value is -3.59. The first-order chi connectivity index (χ1) is 14.6. The van der Waals surface area contributed by atoms with Gasteiger partial charge in [-0.25, -0.2) is 15.0 Å². The molecule has 2 aromatic heterocycles. The van der Waals surface area contributed by atoms with Crippen LogP contribution in [0.5, 0.6) is 0 Å². The van der Waals surface area contributed by atoms with Gasteiger partial charge in [0.15, 0.2) is 5.13 Å². The average Bonchev–Trinajstić information content (AvgIpc) is 3.17. The maximum absolute atomic E-state index is 12.1. The molecule has 3 heterocycles. The molecule has 1 aliphatic rings. The molecule has 0 amide bonds. The number of thiazole rings is 1. The first-order valence-corrected chi connectivity index (χ1v) is 10.4. The number of benzene rings is 2. The molecule has 2 aromatic carbocycles. The highest BCUT2D eigenvalue weighted by atomic mass is 32.1. The van der Waals surface area contributed by atoms with E-state index >= 15 is 0 Å². The molecule has 0 bridgehead atoms. The van der Waals surface area contributed by atoms with E-state index in [0.29, 0.717) is 17.5 Å². The van der Waals surface area contributed by atoms with Gasteiger partial charge in [-0.3, -0.25) is 10.1 Å². The van der Waals surface area contributed by atoms with Gasteiger partial charge in [-0.2, -0.15) is 0 Å². The highest BCUT2D eigenvalue weighted by molar-refractivity contribution is 7.22. The standard InChI is InChI=1S/C21H18N6O2S/c1-13-6-4-10-16-17(13)24-21(30-16)25-19-18(27(28)29)20(23-12-22-19)26-11-5-8-14-7-2-3-9-15(14)26/h2-4,6-7,9-10,12H,5,8,11H2,1H3,(H,22,23,24,25). The predicted octanol–water partition coefficient (Wildman–Crippen LogP) is 5.13. The van der Waals surface area contributed by atoms with E-state index in [9.17, 15) is 10.1 Å². The summed E-state index contributed by atoms with van der Waals surface area (Å²) < 4.78 is 1.01. The van der Waals surface area contributed by atoms with Crippen LogP contribution in [0.3, 0.4) is 0 Å². The Morgan fingerprint density at radius 2 is 2.03 bits per heavy atom. The minimum absolute atomic E-state index is 0.143. The van der Waals surface area contributed by atoms with Crippen molar-refractivity contribution in [1.82, 2.24) is 15.0 Å². The van der Waals surface area contributed by atoms with Crippen LogP contribution < -0.4 is 10.2 Å². The Morgan fingerprint density at radius 3 is 2.87 bits per heavy atom. The summed E-state index contributed by atoms with van der Waals surface area (Å²) in [5, 5.41) is 15.7. The Balaban J connectivity index is 1.59. The number of nitrogens with one attached hydrogen (secondary N) is 1. The van der Waals surface area contributed by atoms with Crippen molar-refractivity contribution in [3.05, 3.63) is 70.0 Å². The Labute approximate surface area is 176 Å². The third-order valence-electron chi connectivity index (χ3n) is 5.20. The number of anilines is 4. The van der Waals surface area contributed by atoms with Crippen LogP contribution in [0.25, 0.3) is 10.2 Å². The van der Waals surface area contributed by atoms with Gasteiger partial charge in [0.1, 0.15) is 6.33 Å². The van der Waals surface area contributed by atoms with Crippen LogP contribution in [-0.2, 0) is 6.42 Å². The Bertz CT molecular complexity index is 1270. The fourth-order valence-electron chi connectivity index (χ4n) is 3.82. The lowest BCUT2D eigenvalue weighted by molar-refractivity contribution is -0.383. The van der Waals surface area contributed by atoms with Gasteiger partial charge >= 0.3 is 5.69 Å². The molecule has 30 heavy (non-hydrogen) atoms. The Kier molecular flexibility index (Phi) is 4.51. The first-order valence-electron chi connectivity index (χ1n) is 9.60. The van der Waals surface area contributed by atoms with E-state index in [-0.39, 0.29) is 11.5 Å². The van der Waals surface area contributed by atoms with E-state index in [4.69, 9.17) is 0 Å². The lowest BCUT2D eigenvalue weighted by Crippen LogP contribution is -2.26. The summed E-state index contributed by atoms with van der Waals surface area (Å²) in [6.45, 7) is 2.65. The highest BCUT2D eigenvalue weighted by Crippen LogP contribution is 2.40. The van der Waals surface area contributed by atoms with Crippen molar-refractivity contribution in [2.45, 2.75) is 19.8 Å². The molecule has 0 saturated carbocycles. The molecule has 0 saturated heterocycles. The summed E-state index contributed by atoms with van der Waals surface area (Å²) in [6.07, 6.45) is 3.21. The molecule has 8 nitrogen and oxygen atoms in total. The van der Waals surface area contributed by atoms with Crippen molar-refractivity contribution in [3.63, 3.8) is 0 Å². The zero-order valence-electron chi connectivity index (χ0n) is 16.2. The number of fused-ring (bicyclic) bond motifs is 2. The van der Waals surface area contributed by atoms with E-state index in [1.165, 1.54) is 17.7 Å². The number of hydrogen-bond donors (Lipinski definition) is 1. The lowest BCUT2D eigenvalue weighted by Gasteiger charge is -2.30. The molecular formula is C21H18N6O2S. The predicted molar refractivity (Wildman–Crippen MR) is 118 cm³/mol. The molecule has 0 radical (unpaired) electrons. The summed E-state index contributed by atoms with van der Waals surface area (Å²) in [6, 6.07) is 13.9. The van der Waals surface area contributed by atoms with Gasteiger partial charge in [-0.15, -0.1) is 0 Å². The third-order valence-corrected chi connectivity index (χ3v) is 6.13. The molecule has 150 valence electrons. The summed E-state index contributed by atoms with van der Waals surface area (Å²) in [7, 11) is 0. The van der Waals surface area contributed by atoms with Gasteiger partial charge in [0.25, 0.3) is 0 Å². The average molecular weight is 418 g/mol. The van der Waals surface area contributed by atoms with Gasteiger partial charge in [0.2, 0.25) is 11.6 Å². The van der Waals surface area contributed by atoms with E-state index in [1.807, 2.05) is 48.2 Å². The largest absolute Gasteiger partial charge is 0.354 e. The Morgan fingerprint density at radius 1 is 1.17 bits per heavy atom. The molecule has 0 aliphatic carbocycles. The van der Waals surface area contributed by atoms with Crippen molar-refractivity contribution in [2.75, 3.05) is 16.8 Å². The summed E-state index contributed by atoms with van der Waals surface area (Å²) in [5.74, 6) is 0.437. The number of para-hydroxylation sites is 2. The first kappa shape index (κ1) is 18.4. The summed E-state index contributed by atoms with van der Waals surface area (Å²) in [5.41, 5.74) is 3.90. The molecule has 4 aromatic rings. The fourth-order valence-corrected chi connectivity index (χ4v) is 4.76. The fraction of sp³-hybridized carbons (Fsp3) is 0.190. The van der Waals surface area contributed by atoms with Gasteiger partial charge in [-0.1, -0.05) is 41.7 Å². The van der Waals surface area contributed by atoms with Gasteiger partial charge < -0.3 is 10.2 Å². The zero-order valence-corrected chi connectivity index (χ0v) is 17.0. The monoisotopic (exact) mass is 418 g/mol. The van der Waals surface area contributed by atoms with E-state index in [1.54, 1.807) is 0 Å². The van der Waals surface area contributed by atoms with Crippen LogP contribution in [0.15, 0.2) is 48.8 Å². The second kappa shape index (κ2) is 7.34. The smallest absolute Gasteiger partial charge is 0.320 e. The maximum Gasteiger partial charge on any atom is 0.354 e. The number of aryl methyl sites for hydroxylation is 2. The van der Waals surface area contributed by atoms with Crippen molar-refractivity contribution in [1.29, 1.82) is 0 Å². The van der Waals surface area contributed by atoms with E-state index in [0.717, 1.165) is 39.9 Å². The maximum atomic E-state index is 12.1. The van der Waals surface area contributed by atoms with Gasteiger partial charge in [0, 0.05) is 12.2 Å². The SMILES string of the molecule is Cc1cccc2sc(Nc3ncnc(N4CCCc5ccccc54)c3[N+](=O)[O-])nc12. The molecule has 0 spiro atoms. The zero-order chi connectivity index (χ0) is 20.7.